The van der Waals surface area contributed by atoms with Gasteiger partial charge in [0.25, 0.3) is 0 Å². The van der Waals surface area contributed by atoms with E-state index in [2.05, 4.69) is 0 Å². The summed E-state index contributed by atoms with van der Waals surface area (Å²) in [6.07, 6.45) is 1.77. The molecule has 0 spiro atoms. The van der Waals surface area contributed by atoms with Crippen LogP contribution in [0.5, 0.6) is 5.75 Å². The molecule has 1 aliphatic carbocycles. The lowest BCUT2D eigenvalue weighted by Crippen LogP contribution is -2.35. The van der Waals surface area contributed by atoms with E-state index in [0.29, 0.717) is 24.0 Å². The molecule has 2 aromatic rings. The molecule has 0 bridgehead atoms. The van der Waals surface area contributed by atoms with E-state index < -0.39 is 10.0 Å². The van der Waals surface area contributed by atoms with E-state index in [1.807, 2.05) is 19.1 Å². The summed E-state index contributed by atoms with van der Waals surface area (Å²) < 4.78 is 38.7. The Labute approximate surface area is 165 Å². The smallest absolute Gasteiger partial charge is 0.243 e. The Morgan fingerprint density at radius 1 is 1.07 bits per heavy atom. The third-order valence-electron chi connectivity index (χ3n) is 4.60. The number of methoxy groups -OCH3 is 1. The third kappa shape index (κ3) is 4.82. The molecule has 2 aromatic carbocycles. The van der Waals surface area contributed by atoms with Crippen molar-refractivity contribution >= 4 is 21.6 Å². The fraction of sp³-hybridized carbons (Fsp3) is 0.400. The first-order valence-corrected chi connectivity index (χ1v) is 10.8. The van der Waals surface area contributed by atoms with Crippen molar-refractivity contribution in [1.82, 2.24) is 4.31 Å². The summed E-state index contributed by atoms with van der Waals surface area (Å²) in [7, 11) is -2.01. The van der Waals surface area contributed by atoms with Crippen molar-refractivity contribution in [3.63, 3.8) is 0 Å². The van der Waals surface area contributed by atoms with Gasteiger partial charge in [-0.1, -0.05) is 23.7 Å². The molecule has 5 nitrogen and oxygen atoms in total. The Bertz CT molecular complexity index is 849. The van der Waals surface area contributed by atoms with E-state index in [9.17, 15) is 8.42 Å². The highest BCUT2D eigenvalue weighted by molar-refractivity contribution is 7.89. The Kier molecular flexibility index (Phi) is 6.42. The topological polar surface area (TPSA) is 55.8 Å². The van der Waals surface area contributed by atoms with E-state index >= 15 is 0 Å². The fourth-order valence-corrected chi connectivity index (χ4v) is 5.00. The SMILES string of the molecule is COCCOc1ccc(S(=O)(=O)N(C2CC2)C(C)c2ccc(Cl)cc2)cc1. The van der Waals surface area contributed by atoms with Crippen LogP contribution in [0.25, 0.3) is 0 Å². The van der Waals surface area contributed by atoms with Crippen LogP contribution >= 0.6 is 11.6 Å². The van der Waals surface area contributed by atoms with E-state index in [4.69, 9.17) is 21.1 Å². The van der Waals surface area contributed by atoms with Crippen LogP contribution in [0.15, 0.2) is 53.4 Å². The molecule has 27 heavy (non-hydrogen) atoms. The summed E-state index contributed by atoms with van der Waals surface area (Å²) in [6.45, 7) is 2.82. The minimum atomic E-state index is -3.62. The van der Waals surface area contributed by atoms with Crippen molar-refractivity contribution in [2.45, 2.75) is 36.7 Å². The van der Waals surface area contributed by atoms with E-state index in [-0.39, 0.29) is 17.0 Å². The van der Waals surface area contributed by atoms with Crippen LogP contribution in [0.3, 0.4) is 0 Å². The number of hydrogen-bond donors (Lipinski definition) is 0. The van der Waals surface area contributed by atoms with Crippen molar-refractivity contribution in [3.05, 3.63) is 59.1 Å². The van der Waals surface area contributed by atoms with Crippen LogP contribution < -0.4 is 4.74 Å². The van der Waals surface area contributed by atoms with Crippen molar-refractivity contribution in [1.29, 1.82) is 0 Å². The van der Waals surface area contributed by atoms with Gasteiger partial charge in [-0.3, -0.25) is 0 Å². The molecule has 1 fully saturated rings. The first kappa shape index (κ1) is 20.1. The lowest BCUT2D eigenvalue weighted by atomic mass is 10.1. The van der Waals surface area contributed by atoms with Gasteiger partial charge in [0.05, 0.1) is 11.5 Å². The van der Waals surface area contributed by atoms with Gasteiger partial charge in [-0.25, -0.2) is 8.42 Å². The van der Waals surface area contributed by atoms with Crippen LogP contribution in [0, 0.1) is 0 Å². The average molecular weight is 410 g/mol. The summed E-state index contributed by atoms with van der Waals surface area (Å²) in [5.74, 6) is 0.620. The van der Waals surface area contributed by atoms with Crippen molar-refractivity contribution < 1.29 is 17.9 Å². The summed E-state index contributed by atoms with van der Waals surface area (Å²) in [6, 6.07) is 13.7. The number of rotatable bonds is 9. The van der Waals surface area contributed by atoms with Crippen LogP contribution in [-0.4, -0.2) is 39.1 Å². The second-order valence-corrected chi connectivity index (χ2v) is 8.89. The Balaban J connectivity index is 1.82. The Morgan fingerprint density at radius 3 is 2.26 bits per heavy atom. The molecule has 0 aliphatic heterocycles. The average Bonchev–Trinajstić information content (AvgIpc) is 3.47. The molecular formula is C20H24ClNO4S. The summed E-state index contributed by atoms with van der Waals surface area (Å²) in [5.41, 5.74) is 0.925. The summed E-state index contributed by atoms with van der Waals surface area (Å²) >= 11 is 5.97. The minimum absolute atomic E-state index is 0.0401. The zero-order valence-electron chi connectivity index (χ0n) is 15.5. The van der Waals surface area contributed by atoms with Crippen LogP contribution in [0.4, 0.5) is 0 Å². The normalized spacial score (nSPS) is 15.7. The highest BCUT2D eigenvalue weighted by Gasteiger charge is 2.41. The van der Waals surface area contributed by atoms with E-state index in [0.717, 1.165) is 18.4 Å². The van der Waals surface area contributed by atoms with Crippen molar-refractivity contribution in [2.75, 3.05) is 20.3 Å². The highest BCUT2D eigenvalue weighted by Crippen LogP contribution is 2.39. The first-order valence-electron chi connectivity index (χ1n) is 8.94. The number of ether oxygens (including phenoxy) is 2. The fourth-order valence-electron chi connectivity index (χ4n) is 3.01. The number of hydrogen-bond acceptors (Lipinski definition) is 4. The predicted octanol–water partition coefficient (Wildman–Crippen LogP) is 4.28. The molecule has 3 rings (SSSR count). The molecule has 0 amide bonds. The largest absolute Gasteiger partial charge is 0.491 e. The minimum Gasteiger partial charge on any atom is -0.491 e. The first-order chi connectivity index (χ1) is 12.9. The maximum absolute atomic E-state index is 13.3. The van der Waals surface area contributed by atoms with Gasteiger partial charge >= 0.3 is 0 Å². The van der Waals surface area contributed by atoms with Crippen molar-refractivity contribution in [3.8, 4) is 5.75 Å². The second kappa shape index (κ2) is 8.61. The summed E-state index contributed by atoms with van der Waals surface area (Å²) in [5, 5.41) is 0.635. The zero-order valence-corrected chi connectivity index (χ0v) is 17.0. The van der Waals surface area contributed by atoms with Crippen LogP contribution in [0.2, 0.25) is 5.02 Å². The third-order valence-corrected chi connectivity index (χ3v) is 6.89. The van der Waals surface area contributed by atoms with E-state index in [1.54, 1.807) is 47.8 Å². The maximum atomic E-state index is 13.3. The van der Waals surface area contributed by atoms with Gasteiger partial charge in [-0.2, -0.15) is 4.31 Å². The van der Waals surface area contributed by atoms with Crippen LogP contribution in [0.1, 0.15) is 31.4 Å². The molecule has 1 unspecified atom stereocenters. The number of benzene rings is 2. The molecule has 0 heterocycles. The van der Waals surface area contributed by atoms with Gasteiger partial charge in [0.2, 0.25) is 10.0 Å². The lowest BCUT2D eigenvalue weighted by Gasteiger charge is -2.29. The van der Waals surface area contributed by atoms with Gasteiger partial charge in [0, 0.05) is 24.2 Å². The Hall–Kier alpha value is -1.60. The summed E-state index contributed by atoms with van der Waals surface area (Å²) in [4.78, 5) is 0.273. The standard InChI is InChI=1S/C20H24ClNO4S/c1-15(16-3-5-17(21)6-4-16)22(18-7-8-18)27(23,24)20-11-9-19(10-12-20)26-14-13-25-2/h3-6,9-12,15,18H,7-8,13-14H2,1-2H3. The molecule has 1 saturated carbocycles. The quantitative estimate of drug-likeness (QED) is 0.580. The lowest BCUT2D eigenvalue weighted by molar-refractivity contribution is 0.146. The molecule has 0 radical (unpaired) electrons. The van der Waals surface area contributed by atoms with Gasteiger partial charge in [-0.05, 0) is 61.7 Å². The molecule has 146 valence electrons. The van der Waals surface area contributed by atoms with Crippen molar-refractivity contribution in [2.24, 2.45) is 0 Å². The Morgan fingerprint density at radius 2 is 1.70 bits per heavy atom. The van der Waals surface area contributed by atoms with Gasteiger partial charge in [0.1, 0.15) is 12.4 Å². The monoisotopic (exact) mass is 409 g/mol. The second-order valence-electron chi connectivity index (χ2n) is 6.61. The predicted molar refractivity (Wildman–Crippen MR) is 106 cm³/mol. The number of nitrogens with zero attached hydrogens (tertiary/aromatic N) is 1. The van der Waals surface area contributed by atoms with Gasteiger partial charge in [-0.15, -0.1) is 0 Å². The molecule has 7 heteroatoms. The van der Waals surface area contributed by atoms with E-state index in [1.165, 1.54) is 0 Å². The maximum Gasteiger partial charge on any atom is 0.243 e. The molecule has 1 aliphatic rings. The molecule has 0 aromatic heterocycles. The molecule has 1 atom stereocenters. The number of halogens is 1. The number of sulfonamides is 1. The molecule has 0 saturated heterocycles. The van der Waals surface area contributed by atoms with Crippen LogP contribution in [-0.2, 0) is 14.8 Å². The molecular weight excluding hydrogens is 386 g/mol. The van der Waals surface area contributed by atoms with Gasteiger partial charge in [0.15, 0.2) is 0 Å². The molecule has 0 N–H and O–H groups in total. The zero-order chi connectivity index (χ0) is 19.4. The highest BCUT2D eigenvalue weighted by atomic mass is 35.5. The van der Waals surface area contributed by atoms with Gasteiger partial charge < -0.3 is 9.47 Å².